The fourth-order valence-electron chi connectivity index (χ4n) is 4.77. The van der Waals surface area contributed by atoms with Crippen LogP contribution in [0.15, 0.2) is 60.7 Å². The van der Waals surface area contributed by atoms with Crippen molar-refractivity contribution in [3.63, 3.8) is 0 Å². The summed E-state index contributed by atoms with van der Waals surface area (Å²) in [4.78, 5) is 56.3. The topological polar surface area (TPSA) is 109 Å². The highest BCUT2D eigenvalue weighted by Crippen LogP contribution is 2.28. The Labute approximate surface area is 209 Å². The van der Waals surface area contributed by atoms with Crippen LogP contribution in [0.2, 0.25) is 0 Å². The molecule has 8 heteroatoms. The quantitative estimate of drug-likeness (QED) is 0.271. The third kappa shape index (κ3) is 4.79. The number of hydrogen-bond acceptors (Lipinski definition) is 5. The van der Waals surface area contributed by atoms with Crippen molar-refractivity contribution in [3.8, 4) is 0 Å². The lowest BCUT2D eigenvalue weighted by molar-refractivity contribution is -0.131. The Hall–Kier alpha value is -4.20. The van der Waals surface area contributed by atoms with E-state index in [1.165, 1.54) is 0 Å². The molecular weight excluding hydrogens is 458 g/mol. The number of benzene rings is 2. The zero-order valence-electron chi connectivity index (χ0n) is 20.6. The maximum Gasteiger partial charge on any atom is 0.340 e. The molecule has 1 aliphatic heterocycles. The number of carbonyl (C=O) groups is 4. The van der Waals surface area contributed by atoms with Crippen LogP contribution in [0.5, 0.6) is 0 Å². The van der Waals surface area contributed by atoms with Gasteiger partial charge >= 0.3 is 12.0 Å². The number of imide groups is 1. The first-order valence-electron chi connectivity index (χ1n) is 11.9. The maximum atomic E-state index is 13.8. The highest BCUT2D eigenvalue weighted by molar-refractivity contribution is 6.12. The number of esters is 1. The Morgan fingerprint density at radius 2 is 1.47 bits per heavy atom. The number of ketones is 1. The molecule has 4 rings (SSSR count). The van der Waals surface area contributed by atoms with Crippen LogP contribution in [0.3, 0.4) is 0 Å². The molecular formula is C28H29N3O5. The van der Waals surface area contributed by atoms with Gasteiger partial charge in [-0.3, -0.25) is 14.5 Å². The summed E-state index contributed by atoms with van der Waals surface area (Å²) in [5.74, 6) is -1.45. The van der Waals surface area contributed by atoms with E-state index in [2.05, 4.69) is 10.3 Å². The van der Waals surface area contributed by atoms with E-state index in [9.17, 15) is 19.2 Å². The monoisotopic (exact) mass is 487 g/mol. The van der Waals surface area contributed by atoms with E-state index in [0.29, 0.717) is 16.8 Å². The van der Waals surface area contributed by atoms with Crippen molar-refractivity contribution in [2.24, 2.45) is 0 Å². The standard InChI is InChI=1S/C28H29N3O5/c1-4-36-25(33)23-18(2)24(29-19(23)3)22(32)17-31-26(34)28(30-27(31)35,15-20-11-7-5-8-12-20)16-21-13-9-6-10-14-21/h5-14,29H,4,15-17H2,1-3H3,(H,30,35). The Morgan fingerprint density at radius 1 is 0.917 bits per heavy atom. The number of rotatable bonds is 9. The fraction of sp³-hybridized carbons (Fsp3) is 0.286. The highest BCUT2D eigenvalue weighted by Gasteiger charge is 2.51. The molecule has 0 saturated carbocycles. The number of hydrogen-bond donors (Lipinski definition) is 2. The summed E-state index contributed by atoms with van der Waals surface area (Å²) >= 11 is 0. The second kappa shape index (κ2) is 10.2. The average Bonchev–Trinajstić information content (AvgIpc) is 3.27. The lowest BCUT2D eigenvalue weighted by Gasteiger charge is -2.27. The van der Waals surface area contributed by atoms with Crippen molar-refractivity contribution in [2.75, 3.05) is 13.2 Å². The van der Waals surface area contributed by atoms with Crippen molar-refractivity contribution in [1.29, 1.82) is 0 Å². The minimum Gasteiger partial charge on any atom is -0.462 e. The molecule has 36 heavy (non-hydrogen) atoms. The van der Waals surface area contributed by atoms with Gasteiger partial charge in [-0.2, -0.15) is 0 Å². The smallest absolute Gasteiger partial charge is 0.340 e. The number of Topliss-reactive ketones (excluding diaryl/α,β-unsaturated/α-hetero) is 1. The summed E-state index contributed by atoms with van der Waals surface area (Å²) in [5.41, 5.74) is 1.96. The third-order valence-corrected chi connectivity index (χ3v) is 6.44. The number of nitrogens with zero attached hydrogens (tertiary/aromatic N) is 1. The molecule has 1 saturated heterocycles. The van der Waals surface area contributed by atoms with E-state index in [-0.39, 0.29) is 25.1 Å². The molecule has 0 aliphatic carbocycles. The molecule has 0 atom stereocenters. The summed E-state index contributed by atoms with van der Waals surface area (Å²) < 4.78 is 5.09. The zero-order valence-corrected chi connectivity index (χ0v) is 20.6. The van der Waals surface area contributed by atoms with E-state index >= 15 is 0 Å². The van der Waals surface area contributed by atoms with Crippen LogP contribution in [-0.2, 0) is 22.4 Å². The number of aromatic amines is 1. The van der Waals surface area contributed by atoms with E-state index in [1.807, 2.05) is 60.7 Å². The van der Waals surface area contributed by atoms with Gasteiger partial charge in [0.2, 0.25) is 0 Å². The number of H-pyrrole nitrogens is 1. The molecule has 1 fully saturated rings. The van der Waals surface area contributed by atoms with Gasteiger partial charge in [0.1, 0.15) is 5.54 Å². The number of ether oxygens (including phenoxy) is 1. The van der Waals surface area contributed by atoms with Gasteiger partial charge in [0.05, 0.1) is 24.4 Å². The molecule has 2 heterocycles. The van der Waals surface area contributed by atoms with Gasteiger partial charge in [0.15, 0.2) is 5.78 Å². The Bertz CT molecular complexity index is 1260. The van der Waals surface area contributed by atoms with Gasteiger partial charge in [-0.05, 0) is 37.5 Å². The highest BCUT2D eigenvalue weighted by atomic mass is 16.5. The lowest BCUT2D eigenvalue weighted by Crippen LogP contribution is -2.51. The van der Waals surface area contributed by atoms with Crippen LogP contribution in [0.4, 0.5) is 4.79 Å². The van der Waals surface area contributed by atoms with Crippen molar-refractivity contribution < 1.29 is 23.9 Å². The van der Waals surface area contributed by atoms with Gasteiger partial charge in [0, 0.05) is 18.5 Å². The average molecular weight is 488 g/mol. The predicted molar refractivity (Wildman–Crippen MR) is 134 cm³/mol. The molecule has 0 bridgehead atoms. The molecule has 2 aromatic carbocycles. The molecule has 3 aromatic rings. The van der Waals surface area contributed by atoms with Gasteiger partial charge in [-0.15, -0.1) is 0 Å². The molecule has 1 aromatic heterocycles. The Balaban J connectivity index is 1.62. The first kappa shape index (κ1) is 24.9. The van der Waals surface area contributed by atoms with E-state index in [0.717, 1.165) is 16.0 Å². The summed E-state index contributed by atoms with van der Waals surface area (Å²) in [6, 6.07) is 18.3. The molecule has 0 unspecified atom stereocenters. The minimum atomic E-state index is -1.23. The number of amides is 3. The van der Waals surface area contributed by atoms with Crippen LogP contribution in [0.1, 0.15) is 50.2 Å². The molecule has 0 radical (unpaired) electrons. The lowest BCUT2D eigenvalue weighted by atomic mass is 9.84. The van der Waals surface area contributed by atoms with Crippen molar-refractivity contribution in [1.82, 2.24) is 15.2 Å². The van der Waals surface area contributed by atoms with Gasteiger partial charge in [0.25, 0.3) is 5.91 Å². The fourth-order valence-corrected chi connectivity index (χ4v) is 4.77. The van der Waals surface area contributed by atoms with E-state index in [4.69, 9.17) is 4.74 Å². The zero-order chi connectivity index (χ0) is 25.9. The number of aryl methyl sites for hydroxylation is 1. The second-order valence-electron chi connectivity index (χ2n) is 9.00. The van der Waals surface area contributed by atoms with Crippen molar-refractivity contribution >= 4 is 23.7 Å². The third-order valence-electron chi connectivity index (χ3n) is 6.44. The van der Waals surface area contributed by atoms with Gasteiger partial charge < -0.3 is 15.0 Å². The second-order valence-corrected chi connectivity index (χ2v) is 9.00. The number of urea groups is 1. The summed E-state index contributed by atoms with van der Waals surface area (Å²) in [7, 11) is 0. The van der Waals surface area contributed by atoms with Crippen LogP contribution in [-0.4, -0.2) is 52.3 Å². The molecule has 1 aliphatic rings. The molecule has 3 amide bonds. The number of nitrogens with one attached hydrogen (secondary N) is 2. The normalized spacial score (nSPS) is 14.6. The van der Waals surface area contributed by atoms with E-state index < -0.39 is 35.8 Å². The van der Waals surface area contributed by atoms with Crippen LogP contribution < -0.4 is 5.32 Å². The minimum absolute atomic E-state index is 0.180. The Kier molecular flexibility index (Phi) is 7.05. The number of carbonyl (C=O) groups excluding carboxylic acids is 4. The first-order valence-corrected chi connectivity index (χ1v) is 11.9. The molecule has 2 N–H and O–H groups in total. The van der Waals surface area contributed by atoms with Crippen molar-refractivity contribution in [2.45, 2.75) is 39.2 Å². The Morgan fingerprint density at radius 3 is 2.00 bits per heavy atom. The van der Waals surface area contributed by atoms with Crippen molar-refractivity contribution in [3.05, 3.63) is 94.3 Å². The molecule has 0 spiro atoms. The predicted octanol–water partition coefficient (Wildman–Crippen LogP) is 3.77. The van der Waals surface area contributed by atoms with Crippen LogP contribution in [0, 0.1) is 13.8 Å². The SMILES string of the molecule is CCOC(=O)c1c(C)[nH]c(C(=O)CN2C(=O)NC(Cc3ccccc3)(Cc3ccccc3)C2=O)c1C. The van der Waals surface area contributed by atoms with Crippen LogP contribution in [0.25, 0.3) is 0 Å². The largest absolute Gasteiger partial charge is 0.462 e. The molecule has 8 nitrogen and oxygen atoms in total. The molecule has 186 valence electrons. The summed E-state index contributed by atoms with van der Waals surface area (Å²) in [6.45, 7) is 4.78. The van der Waals surface area contributed by atoms with Gasteiger partial charge in [-0.25, -0.2) is 9.59 Å². The maximum absolute atomic E-state index is 13.8. The van der Waals surface area contributed by atoms with Gasteiger partial charge in [-0.1, -0.05) is 60.7 Å². The number of aromatic nitrogens is 1. The summed E-state index contributed by atoms with van der Waals surface area (Å²) in [5, 5.41) is 2.89. The summed E-state index contributed by atoms with van der Waals surface area (Å²) in [6.07, 6.45) is 0.567. The van der Waals surface area contributed by atoms with Crippen LogP contribution >= 0.6 is 0 Å². The van der Waals surface area contributed by atoms with E-state index in [1.54, 1.807) is 20.8 Å². The first-order chi connectivity index (χ1) is 17.3.